The number of hydrogen-bond acceptors (Lipinski definition) is 5. The number of allylic oxidation sites excluding steroid dienone is 1. The van der Waals surface area contributed by atoms with Crippen molar-refractivity contribution in [1.82, 2.24) is 0 Å². The van der Waals surface area contributed by atoms with Gasteiger partial charge >= 0.3 is 0 Å². The van der Waals surface area contributed by atoms with Crippen LogP contribution in [0, 0.1) is 29.9 Å². The second-order valence-electron chi connectivity index (χ2n) is 8.15. The molecule has 160 valence electrons. The lowest BCUT2D eigenvalue weighted by atomic mass is 9.63. The van der Waals surface area contributed by atoms with Crippen molar-refractivity contribution in [2.75, 3.05) is 10.2 Å². The zero-order valence-electron chi connectivity index (χ0n) is 17.1. The molecule has 1 spiro atoms. The molecule has 2 aliphatic heterocycles. The van der Waals surface area contributed by atoms with Gasteiger partial charge in [0, 0.05) is 35.0 Å². The molecule has 8 heteroatoms. The quantitative estimate of drug-likeness (QED) is 0.716. The monoisotopic (exact) mass is 432 g/mol. The highest BCUT2D eigenvalue weighted by molar-refractivity contribution is 6.19. The first-order chi connectivity index (χ1) is 15.3. The van der Waals surface area contributed by atoms with Crippen molar-refractivity contribution in [3.63, 3.8) is 0 Å². The molecule has 5 rings (SSSR count). The van der Waals surface area contributed by atoms with E-state index < -0.39 is 23.0 Å². The molecule has 1 atom stereocenters. The number of halogens is 2. The molecule has 1 amide bonds. The number of rotatable bonds is 1. The number of benzene rings is 2. The fourth-order valence-electron chi connectivity index (χ4n) is 5.04. The van der Waals surface area contributed by atoms with E-state index in [4.69, 9.17) is 5.73 Å². The van der Waals surface area contributed by atoms with E-state index in [1.165, 1.54) is 11.0 Å². The predicted octanol–water partition coefficient (Wildman–Crippen LogP) is 3.68. The van der Waals surface area contributed by atoms with Crippen molar-refractivity contribution in [1.29, 1.82) is 5.26 Å². The average Bonchev–Trinajstić information content (AvgIpc) is 3.02. The van der Waals surface area contributed by atoms with E-state index >= 15 is 0 Å². The Bertz CT molecular complexity index is 1340. The Kier molecular flexibility index (Phi) is 4.21. The fraction of sp³-hybridized carbons (Fsp3) is 0.208. The van der Waals surface area contributed by atoms with Gasteiger partial charge < -0.3 is 11.1 Å². The Morgan fingerprint density at radius 2 is 1.94 bits per heavy atom. The van der Waals surface area contributed by atoms with Crippen LogP contribution in [0.15, 0.2) is 59.1 Å². The van der Waals surface area contributed by atoms with Crippen LogP contribution in [0.25, 0.3) is 0 Å². The normalized spacial score (nSPS) is 22.1. The summed E-state index contributed by atoms with van der Waals surface area (Å²) < 4.78 is 28.4. The van der Waals surface area contributed by atoms with Crippen molar-refractivity contribution < 1.29 is 18.4 Å². The van der Waals surface area contributed by atoms with Gasteiger partial charge in [-0.05, 0) is 38.0 Å². The van der Waals surface area contributed by atoms with E-state index in [0.29, 0.717) is 35.9 Å². The highest BCUT2D eigenvalue weighted by Gasteiger charge is 2.60. The van der Waals surface area contributed by atoms with Gasteiger partial charge in [-0.2, -0.15) is 5.26 Å². The number of nitrogens with zero attached hydrogens (tertiary/aromatic N) is 2. The summed E-state index contributed by atoms with van der Waals surface area (Å²) in [6, 6.07) is 10.3. The summed E-state index contributed by atoms with van der Waals surface area (Å²) in [7, 11) is 0. The van der Waals surface area contributed by atoms with Gasteiger partial charge in [0.1, 0.15) is 28.9 Å². The minimum Gasteiger partial charge on any atom is -0.384 e. The first-order valence-corrected chi connectivity index (χ1v) is 10.2. The van der Waals surface area contributed by atoms with Gasteiger partial charge in [0.2, 0.25) is 5.91 Å². The van der Waals surface area contributed by atoms with Crippen molar-refractivity contribution >= 4 is 23.1 Å². The molecule has 0 saturated heterocycles. The number of aryl methyl sites for hydroxylation is 1. The number of nitriles is 1. The molecule has 2 aromatic carbocycles. The molecule has 0 aromatic heterocycles. The van der Waals surface area contributed by atoms with Gasteiger partial charge in [0.05, 0.1) is 11.3 Å². The number of fused-ring (bicyclic) bond motifs is 3. The predicted molar refractivity (Wildman–Crippen MR) is 113 cm³/mol. The topological polar surface area (TPSA) is 99.2 Å². The van der Waals surface area contributed by atoms with E-state index in [9.17, 15) is 23.6 Å². The summed E-state index contributed by atoms with van der Waals surface area (Å²) in [5.74, 6) is -2.66. The lowest BCUT2D eigenvalue weighted by Crippen LogP contribution is -2.51. The van der Waals surface area contributed by atoms with Crippen LogP contribution in [-0.2, 0) is 15.0 Å². The average molecular weight is 432 g/mol. The molecule has 3 aliphatic rings. The van der Waals surface area contributed by atoms with E-state index in [-0.39, 0.29) is 34.9 Å². The summed E-state index contributed by atoms with van der Waals surface area (Å²) in [6.45, 7) is 1.84. The third-order valence-corrected chi connectivity index (χ3v) is 6.33. The maximum atomic E-state index is 14.8. The summed E-state index contributed by atoms with van der Waals surface area (Å²) in [5, 5.41) is 13.0. The van der Waals surface area contributed by atoms with Crippen LogP contribution in [0.5, 0.6) is 0 Å². The second-order valence-corrected chi connectivity index (χ2v) is 8.15. The van der Waals surface area contributed by atoms with Crippen LogP contribution < -0.4 is 16.0 Å². The highest BCUT2D eigenvalue weighted by Crippen LogP contribution is 2.55. The molecule has 0 saturated carbocycles. The molecule has 3 N–H and O–H groups in total. The molecular formula is C24H18F2N4O2. The van der Waals surface area contributed by atoms with Gasteiger partial charge in [-0.15, -0.1) is 0 Å². The minimum absolute atomic E-state index is 0.0865. The van der Waals surface area contributed by atoms with Crippen LogP contribution in [-0.4, -0.2) is 11.7 Å². The Morgan fingerprint density at radius 3 is 2.66 bits per heavy atom. The Labute approximate surface area is 182 Å². The molecule has 32 heavy (non-hydrogen) atoms. The van der Waals surface area contributed by atoms with Crippen molar-refractivity contribution in [2.45, 2.75) is 31.6 Å². The third-order valence-electron chi connectivity index (χ3n) is 6.33. The minimum atomic E-state index is -1.71. The molecule has 1 unspecified atom stereocenters. The lowest BCUT2D eigenvalue weighted by Gasteiger charge is -2.43. The van der Waals surface area contributed by atoms with Crippen LogP contribution in [0.3, 0.4) is 0 Å². The standard InChI is InChI=1S/C24H18F2N4O2/c1-12-5-7-17-14(9-12)24(23(32)29-17)15(11-27)22(28)30(18-8-6-13(25)10-16(18)26)19-3-2-4-20(31)21(19)24/h5-10H,2-4,28H2,1H3,(H,29,32). The summed E-state index contributed by atoms with van der Waals surface area (Å²) >= 11 is 0. The molecule has 2 aromatic rings. The van der Waals surface area contributed by atoms with Gasteiger partial charge in [-0.3, -0.25) is 14.5 Å². The van der Waals surface area contributed by atoms with Crippen molar-refractivity contribution in [2.24, 2.45) is 5.73 Å². The van der Waals surface area contributed by atoms with Gasteiger partial charge in [0.15, 0.2) is 5.78 Å². The van der Waals surface area contributed by atoms with Gasteiger partial charge in [0.25, 0.3) is 0 Å². The number of anilines is 2. The Balaban J connectivity index is 1.90. The molecule has 6 nitrogen and oxygen atoms in total. The molecule has 1 aliphatic carbocycles. The first kappa shape index (κ1) is 19.9. The highest BCUT2D eigenvalue weighted by atomic mass is 19.1. The smallest absolute Gasteiger partial charge is 0.245 e. The Hall–Kier alpha value is -3.99. The number of carbonyl (C=O) groups excluding carboxylic acids is 2. The van der Waals surface area contributed by atoms with Crippen LogP contribution in [0.4, 0.5) is 20.2 Å². The zero-order chi connectivity index (χ0) is 22.8. The van der Waals surface area contributed by atoms with E-state index in [2.05, 4.69) is 5.32 Å². The van der Waals surface area contributed by atoms with Crippen LogP contribution in [0.2, 0.25) is 0 Å². The Morgan fingerprint density at radius 1 is 1.16 bits per heavy atom. The SMILES string of the molecule is Cc1ccc2c(c1)C1(C(=O)N2)C(C#N)=C(N)N(c2ccc(F)cc2F)C2=C1C(=O)CCC2. The van der Waals surface area contributed by atoms with Crippen LogP contribution >= 0.6 is 0 Å². The molecule has 0 bridgehead atoms. The fourth-order valence-corrected chi connectivity index (χ4v) is 5.04. The number of Topliss-reactive ketones (excluding diaryl/α,β-unsaturated/α-hetero) is 1. The number of carbonyl (C=O) groups is 2. The number of amides is 1. The maximum Gasteiger partial charge on any atom is 0.245 e. The van der Waals surface area contributed by atoms with Gasteiger partial charge in [-0.25, -0.2) is 8.78 Å². The second kappa shape index (κ2) is 6.76. The maximum absolute atomic E-state index is 14.8. The molecule has 0 fully saturated rings. The van der Waals surface area contributed by atoms with E-state index in [1.807, 2.05) is 19.1 Å². The summed E-state index contributed by atoms with van der Waals surface area (Å²) in [4.78, 5) is 28.1. The molecular weight excluding hydrogens is 414 g/mol. The van der Waals surface area contributed by atoms with Crippen molar-refractivity contribution in [3.05, 3.63) is 81.8 Å². The zero-order valence-corrected chi connectivity index (χ0v) is 17.1. The van der Waals surface area contributed by atoms with Crippen LogP contribution in [0.1, 0.15) is 30.4 Å². The first-order valence-electron chi connectivity index (χ1n) is 10.2. The summed E-state index contributed by atoms with van der Waals surface area (Å²) in [5.41, 5.74) is 6.77. The van der Waals surface area contributed by atoms with Crippen molar-refractivity contribution in [3.8, 4) is 6.07 Å². The lowest BCUT2D eigenvalue weighted by molar-refractivity contribution is -0.122. The third kappa shape index (κ3) is 2.42. The number of nitrogens with one attached hydrogen (secondary N) is 1. The number of ketones is 1. The number of nitrogens with two attached hydrogens (primary N) is 1. The largest absolute Gasteiger partial charge is 0.384 e. The molecule has 0 radical (unpaired) electrons. The van der Waals surface area contributed by atoms with E-state index in [1.54, 1.807) is 12.1 Å². The molecule has 2 heterocycles. The summed E-state index contributed by atoms with van der Waals surface area (Å²) in [6.07, 6.45) is 1.01. The van der Waals surface area contributed by atoms with E-state index in [0.717, 1.165) is 11.6 Å². The van der Waals surface area contributed by atoms with Gasteiger partial charge in [-0.1, -0.05) is 17.7 Å². The number of hydrogen-bond donors (Lipinski definition) is 2.